The first-order chi connectivity index (χ1) is 8.59. The molecule has 2 N–H and O–H groups in total. The zero-order chi connectivity index (χ0) is 13.1. The minimum absolute atomic E-state index is 0.0163. The standard InChI is InChI=1S/C13H22N2O3/c1-9(16)15(10-6-7-10)12-5-3-2-4-11(12)14-8-13(17)18/h10-12,14H,2-8H2,1H3,(H,17,18). The predicted molar refractivity (Wildman–Crippen MR) is 67.2 cm³/mol. The van der Waals surface area contributed by atoms with Crippen LogP contribution in [-0.4, -0.2) is 46.6 Å². The molecule has 102 valence electrons. The van der Waals surface area contributed by atoms with E-state index in [4.69, 9.17) is 5.11 Å². The number of rotatable bonds is 5. The summed E-state index contributed by atoms with van der Waals surface area (Å²) in [6.07, 6.45) is 6.40. The molecular weight excluding hydrogens is 232 g/mol. The van der Waals surface area contributed by atoms with Crippen molar-refractivity contribution in [2.24, 2.45) is 0 Å². The third kappa shape index (κ3) is 3.22. The van der Waals surface area contributed by atoms with E-state index in [1.54, 1.807) is 6.92 Å². The summed E-state index contributed by atoms with van der Waals surface area (Å²) in [6, 6.07) is 0.724. The van der Waals surface area contributed by atoms with Crippen molar-refractivity contribution in [3.05, 3.63) is 0 Å². The molecule has 0 saturated heterocycles. The van der Waals surface area contributed by atoms with Gasteiger partial charge in [-0.05, 0) is 25.7 Å². The van der Waals surface area contributed by atoms with Crippen LogP contribution in [0.4, 0.5) is 0 Å². The Morgan fingerprint density at radius 3 is 2.44 bits per heavy atom. The molecule has 0 bridgehead atoms. The Hall–Kier alpha value is -1.10. The fraction of sp³-hybridized carbons (Fsp3) is 0.846. The van der Waals surface area contributed by atoms with Gasteiger partial charge in [-0.15, -0.1) is 0 Å². The number of carbonyl (C=O) groups excluding carboxylic acids is 1. The van der Waals surface area contributed by atoms with Gasteiger partial charge < -0.3 is 15.3 Å². The first-order valence-corrected chi connectivity index (χ1v) is 6.83. The lowest BCUT2D eigenvalue weighted by Gasteiger charge is -2.40. The first-order valence-electron chi connectivity index (χ1n) is 6.83. The third-order valence-electron chi connectivity index (χ3n) is 3.91. The number of carbonyl (C=O) groups is 2. The lowest BCUT2D eigenvalue weighted by atomic mass is 9.88. The van der Waals surface area contributed by atoms with Crippen molar-refractivity contribution in [1.29, 1.82) is 0 Å². The SMILES string of the molecule is CC(=O)N(C1CC1)C1CCCCC1NCC(=O)O. The van der Waals surface area contributed by atoms with Gasteiger partial charge in [0.2, 0.25) is 5.91 Å². The third-order valence-corrected chi connectivity index (χ3v) is 3.91. The number of carboxylic acid groups (broad SMARTS) is 1. The Labute approximate surface area is 108 Å². The second-order valence-corrected chi connectivity index (χ2v) is 5.39. The van der Waals surface area contributed by atoms with Crippen LogP contribution >= 0.6 is 0 Å². The second-order valence-electron chi connectivity index (χ2n) is 5.39. The minimum atomic E-state index is -0.833. The van der Waals surface area contributed by atoms with Gasteiger partial charge in [-0.1, -0.05) is 12.8 Å². The summed E-state index contributed by atoms with van der Waals surface area (Å²) in [5.74, 6) is -0.702. The van der Waals surface area contributed by atoms with Crippen LogP contribution in [0.2, 0.25) is 0 Å². The van der Waals surface area contributed by atoms with Gasteiger partial charge in [-0.2, -0.15) is 0 Å². The van der Waals surface area contributed by atoms with Crippen molar-refractivity contribution in [1.82, 2.24) is 10.2 Å². The van der Waals surface area contributed by atoms with Gasteiger partial charge in [0.25, 0.3) is 0 Å². The van der Waals surface area contributed by atoms with Crippen LogP contribution in [0.25, 0.3) is 0 Å². The Bertz CT molecular complexity index is 328. The van der Waals surface area contributed by atoms with Crippen molar-refractivity contribution >= 4 is 11.9 Å². The summed E-state index contributed by atoms with van der Waals surface area (Å²) in [4.78, 5) is 24.4. The van der Waals surface area contributed by atoms with Gasteiger partial charge in [-0.25, -0.2) is 0 Å². The molecule has 0 heterocycles. The lowest BCUT2D eigenvalue weighted by molar-refractivity contribution is -0.136. The number of hydrogen-bond acceptors (Lipinski definition) is 3. The Balaban J connectivity index is 2.01. The number of amides is 1. The second kappa shape index (κ2) is 5.69. The van der Waals surface area contributed by atoms with Gasteiger partial charge in [0.1, 0.15) is 0 Å². The zero-order valence-electron chi connectivity index (χ0n) is 10.9. The largest absolute Gasteiger partial charge is 0.480 e. The highest BCUT2D eigenvalue weighted by Crippen LogP contribution is 2.33. The summed E-state index contributed by atoms with van der Waals surface area (Å²) >= 11 is 0. The molecule has 0 aromatic rings. The molecule has 0 aliphatic heterocycles. The van der Waals surface area contributed by atoms with E-state index in [1.165, 1.54) is 0 Å². The van der Waals surface area contributed by atoms with E-state index in [1.807, 2.05) is 4.90 Å². The van der Waals surface area contributed by atoms with Gasteiger partial charge in [0.15, 0.2) is 0 Å². The van der Waals surface area contributed by atoms with E-state index in [-0.39, 0.29) is 24.5 Å². The van der Waals surface area contributed by atoms with Crippen LogP contribution in [0.1, 0.15) is 45.4 Å². The summed E-state index contributed by atoms with van der Waals surface area (Å²) in [5.41, 5.74) is 0. The molecule has 0 spiro atoms. The van der Waals surface area contributed by atoms with E-state index in [2.05, 4.69) is 5.32 Å². The van der Waals surface area contributed by atoms with Crippen molar-refractivity contribution in [3.8, 4) is 0 Å². The number of hydrogen-bond donors (Lipinski definition) is 2. The average Bonchev–Trinajstić information content (AvgIpc) is 3.12. The monoisotopic (exact) mass is 254 g/mol. The van der Waals surface area contributed by atoms with Gasteiger partial charge in [-0.3, -0.25) is 9.59 Å². The molecule has 18 heavy (non-hydrogen) atoms. The molecular formula is C13H22N2O3. The highest BCUT2D eigenvalue weighted by atomic mass is 16.4. The highest BCUT2D eigenvalue weighted by molar-refractivity contribution is 5.74. The topological polar surface area (TPSA) is 69.6 Å². The average molecular weight is 254 g/mol. The number of nitrogens with zero attached hydrogens (tertiary/aromatic N) is 1. The molecule has 2 unspecified atom stereocenters. The smallest absolute Gasteiger partial charge is 0.317 e. The number of nitrogens with one attached hydrogen (secondary N) is 1. The molecule has 2 atom stereocenters. The van der Waals surface area contributed by atoms with E-state index < -0.39 is 5.97 Å². The molecule has 2 rings (SSSR count). The van der Waals surface area contributed by atoms with Crippen LogP contribution in [0, 0.1) is 0 Å². The molecule has 2 aliphatic carbocycles. The minimum Gasteiger partial charge on any atom is -0.480 e. The summed E-state index contributed by atoms with van der Waals surface area (Å²) in [7, 11) is 0. The maximum atomic E-state index is 11.8. The van der Waals surface area contributed by atoms with Gasteiger partial charge in [0, 0.05) is 25.0 Å². The Kier molecular flexibility index (Phi) is 4.22. The van der Waals surface area contributed by atoms with E-state index in [0.29, 0.717) is 6.04 Å². The van der Waals surface area contributed by atoms with Crippen molar-refractivity contribution < 1.29 is 14.7 Å². The molecule has 5 nitrogen and oxygen atoms in total. The molecule has 0 aromatic heterocycles. The maximum Gasteiger partial charge on any atom is 0.317 e. The predicted octanol–water partition coefficient (Wildman–Crippen LogP) is 0.983. The fourth-order valence-electron chi connectivity index (χ4n) is 3.01. The summed E-state index contributed by atoms with van der Waals surface area (Å²) in [6.45, 7) is 1.61. The fourth-order valence-corrected chi connectivity index (χ4v) is 3.01. The normalized spacial score (nSPS) is 27.8. The Morgan fingerprint density at radius 1 is 1.22 bits per heavy atom. The van der Waals surface area contributed by atoms with E-state index in [9.17, 15) is 9.59 Å². The molecule has 1 amide bonds. The molecule has 5 heteroatoms. The van der Waals surface area contributed by atoms with E-state index in [0.717, 1.165) is 38.5 Å². The zero-order valence-corrected chi connectivity index (χ0v) is 10.9. The Morgan fingerprint density at radius 2 is 1.89 bits per heavy atom. The highest BCUT2D eigenvalue weighted by Gasteiger charge is 2.39. The molecule has 2 saturated carbocycles. The van der Waals surface area contributed by atoms with Crippen LogP contribution < -0.4 is 5.32 Å². The van der Waals surface area contributed by atoms with Crippen LogP contribution in [0.5, 0.6) is 0 Å². The van der Waals surface area contributed by atoms with Crippen molar-refractivity contribution in [2.45, 2.75) is 63.6 Å². The van der Waals surface area contributed by atoms with Crippen molar-refractivity contribution in [3.63, 3.8) is 0 Å². The van der Waals surface area contributed by atoms with Crippen LogP contribution in [-0.2, 0) is 9.59 Å². The number of carboxylic acids is 1. The molecule has 0 aromatic carbocycles. The number of aliphatic carboxylic acids is 1. The quantitative estimate of drug-likeness (QED) is 0.767. The van der Waals surface area contributed by atoms with Gasteiger partial charge >= 0.3 is 5.97 Å². The van der Waals surface area contributed by atoms with Crippen LogP contribution in [0.3, 0.4) is 0 Å². The van der Waals surface area contributed by atoms with Crippen LogP contribution in [0.15, 0.2) is 0 Å². The van der Waals surface area contributed by atoms with Gasteiger partial charge in [0.05, 0.1) is 6.54 Å². The first kappa shape index (κ1) is 13.3. The van der Waals surface area contributed by atoms with E-state index >= 15 is 0 Å². The van der Waals surface area contributed by atoms with Crippen molar-refractivity contribution in [2.75, 3.05) is 6.54 Å². The maximum absolute atomic E-state index is 11.8. The molecule has 2 fully saturated rings. The summed E-state index contributed by atoms with van der Waals surface area (Å²) in [5, 5.41) is 11.9. The summed E-state index contributed by atoms with van der Waals surface area (Å²) < 4.78 is 0. The lowest BCUT2D eigenvalue weighted by Crippen LogP contribution is -2.54. The molecule has 0 radical (unpaired) electrons. The molecule has 2 aliphatic rings.